The third-order valence-corrected chi connectivity index (χ3v) is 8.55. The van der Waals surface area contributed by atoms with E-state index in [1.54, 1.807) is 18.4 Å². The Kier molecular flexibility index (Phi) is 6.36. The summed E-state index contributed by atoms with van der Waals surface area (Å²) in [4.78, 5) is 31.7. The third kappa shape index (κ3) is 4.49. The Labute approximate surface area is 208 Å². The molecule has 3 aromatic heterocycles. The van der Waals surface area contributed by atoms with Gasteiger partial charge in [-0.25, -0.2) is 4.98 Å². The van der Waals surface area contributed by atoms with E-state index in [-0.39, 0.29) is 23.9 Å². The zero-order valence-electron chi connectivity index (χ0n) is 18.0. The Hall–Kier alpha value is -2.49. The fourth-order valence-electron chi connectivity index (χ4n) is 4.56. The number of hydrogen-bond donors (Lipinski definition) is 2. The molecule has 3 heterocycles. The summed E-state index contributed by atoms with van der Waals surface area (Å²) in [7, 11) is 1.63. The number of carbonyl (C=O) groups excluding carboxylic acids is 2. The van der Waals surface area contributed by atoms with Gasteiger partial charge in [0, 0.05) is 24.7 Å². The van der Waals surface area contributed by atoms with E-state index in [4.69, 9.17) is 4.98 Å². The van der Waals surface area contributed by atoms with Crippen LogP contribution in [0, 0.1) is 0 Å². The van der Waals surface area contributed by atoms with E-state index in [9.17, 15) is 9.59 Å². The van der Waals surface area contributed by atoms with Crippen molar-refractivity contribution in [1.29, 1.82) is 0 Å². The molecule has 6 nitrogen and oxygen atoms in total. The number of imidazole rings is 1. The minimum atomic E-state index is -0.121. The number of halogens is 1. The molecule has 9 heteroatoms. The molecule has 2 N–H and O–H groups in total. The Morgan fingerprint density at radius 3 is 2.76 bits per heavy atom. The van der Waals surface area contributed by atoms with E-state index in [1.807, 2.05) is 36.4 Å². The van der Waals surface area contributed by atoms with Gasteiger partial charge in [0.1, 0.15) is 0 Å². The van der Waals surface area contributed by atoms with E-state index < -0.39 is 0 Å². The summed E-state index contributed by atoms with van der Waals surface area (Å²) >= 11 is 6.54. The molecule has 5 rings (SSSR count). The second kappa shape index (κ2) is 9.40. The topological polar surface area (TPSA) is 76.0 Å². The van der Waals surface area contributed by atoms with Gasteiger partial charge in [0.15, 0.2) is 5.82 Å². The van der Waals surface area contributed by atoms with Crippen molar-refractivity contribution in [3.63, 3.8) is 0 Å². The standard InChI is InChI=1S/C24H23BrN4O2S2/c1-26-23(30)14-7-8-18-17(12-14)28-22(19-6-3-11-32-19)29(18)16-5-2-4-15(13-16)27-24(31)20-9-10-21(25)33-20/h3,6-12,15-16H,2,4-5,13H2,1H3,(H,26,30)(H,27,31)/t15-,16+/m1/s1. The number of amides is 2. The Morgan fingerprint density at radius 1 is 1.15 bits per heavy atom. The van der Waals surface area contributed by atoms with Gasteiger partial charge in [-0.2, -0.15) is 0 Å². The first-order valence-corrected chi connectivity index (χ1v) is 13.4. The molecule has 0 saturated heterocycles. The largest absolute Gasteiger partial charge is 0.355 e. The van der Waals surface area contributed by atoms with Gasteiger partial charge < -0.3 is 15.2 Å². The minimum absolute atomic E-state index is 0.0134. The van der Waals surface area contributed by atoms with E-state index in [1.165, 1.54) is 11.3 Å². The molecule has 0 bridgehead atoms. The van der Waals surface area contributed by atoms with Crippen LogP contribution in [-0.4, -0.2) is 34.5 Å². The maximum atomic E-state index is 12.7. The van der Waals surface area contributed by atoms with Gasteiger partial charge in [-0.1, -0.05) is 6.07 Å². The number of aromatic nitrogens is 2. The van der Waals surface area contributed by atoms with E-state index in [0.29, 0.717) is 5.56 Å². The molecular formula is C24H23BrN4O2S2. The first kappa shape index (κ1) is 22.3. The molecule has 170 valence electrons. The summed E-state index contributed by atoms with van der Waals surface area (Å²) in [5.74, 6) is 0.790. The van der Waals surface area contributed by atoms with Gasteiger partial charge >= 0.3 is 0 Å². The van der Waals surface area contributed by atoms with Crippen molar-refractivity contribution in [2.24, 2.45) is 0 Å². The van der Waals surface area contributed by atoms with Crippen LogP contribution in [0.3, 0.4) is 0 Å². The summed E-state index contributed by atoms with van der Waals surface area (Å²) in [5, 5.41) is 7.98. The van der Waals surface area contributed by atoms with E-state index >= 15 is 0 Å². The molecule has 1 aromatic carbocycles. The highest BCUT2D eigenvalue weighted by Gasteiger charge is 2.29. The predicted molar refractivity (Wildman–Crippen MR) is 137 cm³/mol. The van der Waals surface area contributed by atoms with Crippen molar-refractivity contribution in [3.8, 4) is 10.7 Å². The summed E-state index contributed by atoms with van der Waals surface area (Å²) in [6.45, 7) is 0. The van der Waals surface area contributed by atoms with Gasteiger partial charge in [0.05, 0.1) is 24.6 Å². The lowest BCUT2D eigenvalue weighted by molar-refractivity contribution is 0.0923. The van der Waals surface area contributed by atoms with Gasteiger partial charge in [-0.05, 0) is 83.4 Å². The lowest BCUT2D eigenvalue weighted by atomic mass is 9.90. The van der Waals surface area contributed by atoms with Gasteiger partial charge in [-0.3, -0.25) is 9.59 Å². The molecule has 2 atom stereocenters. The molecule has 0 unspecified atom stereocenters. The zero-order valence-corrected chi connectivity index (χ0v) is 21.2. The van der Waals surface area contributed by atoms with Crippen LogP contribution in [0.5, 0.6) is 0 Å². The number of thiophene rings is 2. The Bertz CT molecular complexity index is 1310. The number of rotatable bonds is 5. The van der Waals surface area contributed by atoms with Crippen LogP contribution in [0.25, 0.3) is 21.7 Å². The average molecular weight is 544 g/mol. The molecule has 33 heavy (non-hydrogen) atoms. The van der Waals surface area contributed by atoms with Gasteiger partial charge in [-0.15, -0.1) is 22.7 Å². The molecule has 1 fully saturated rings. The summed E-state index contributed by atoms with van der Waals surface area (Å²) in [6, 6.07) is 13.9. The number of fused-ring (bicyclic) bond motifs is 1. The van der Waals surface area contributed by atoms with Crippen molar-refractivity contribution in [2.45, 2.75) is 37.8 Å². The van der Waals surface area contributed by atoms with Crippen molar-refractivity contribution in [3.05, 3.63) is 62.1 Å². The number of carbonyl (C=O) groups is 2. The van der Waals surface area contributed by atoms with Crippen LogP contribution >= 0.6 is 38.6 Å². The second-order valence-electron chi connectivity index (χ2n) is 8.16. The lowest BCUT2D eigenvalue weighted by Crippen LogP contribution is -2.38. The monoisotopic (exact) mass is 542 g/mol. The molecule has 0 radical (unpaired) electrons. The highest BCUT2D eigenvalue weighted by Crippen LogP contribution is 2.37. The first-order valence-electron chi connectivity index (χ1n) is 10.9. The Balaban J connectivity index is 1.47. The highest BCUT2D eigenvalue weighted by atomic mass is 79.9. The predicted octanol–water partition coefficient (Wildman–Crippen LogP) is 5.86. The average Bonchev–Trinajstić information content (AvgIpc) is 3.57. The molecule has 2 amide bonds. The summed E-state index contributed by atoms with van der Waals surface area (Å²) in [6.07, 6.45) is 3.87. The van der Waals surface area contributed by atoms with Crippen LogP contribution < -0.4 is 10.6 Å². The van der Waals surface area contributed by atoms with E-state index in [2.05, 4.69) is 42.6 Å². The molecule has 1 saturated carbocycles. The normalized spacial score (nSPS) is 18.4. The quantitative estimate of drug-likeness (QED) is 0.331. The van der Waals surface area contributed by atoms with Crippen molar-refractivity contribution >= 4 is 61.5 Å². The van der Waals surface area contributed by atoms with Crippen LogP contribution in [-0.2, 0) is 0 Å². The maximum absolute atomic E-state index is 12.7. The number of hydrogen-bond acceptors (Lipinski definition) is 5. The molecule has 1 aliphatic carbocycles. The summed E-state index contributed by atoms with van der Waals surface area (Å²) < 4.78 is 3.27. The lowest BCUT2D eigenvalue weighted by Gasteiger charge is -2.31. The minimum Gasteiger partial charge on any atom is -0.355 e. The Morgan fingerprint density at radius 2 is 2.03 bits per heavy atom. The zero-order chi connectivity index (χ0) is 22.9. The number of nitrogens with zero attached hydrogens (tertiary/aromatic N) is 2. The molecule has 1 aliphatic rings. The fourth-order valence-corrected chi connectivity index (χ4v) is 6.56. The highest BCUT2D eigenvalue weighted by molar-refractivity contribution is 9.11. The molecule has 0 spiro atoms. The van der Waals surface area contributed by atoms with Gasteiger partial charge in [0.2, 0.25) is 0 Å². The van der Waals surface area contributed by atoms with E-state index in [0.717, 1.165) is 56.1 Å². The first-order chi connectivity index (χ1) is 16.0. The third-order valence-electron chi connectivity index (χ3n) is 6.06. The van der Waals surface area contributed by atoms with Crippen LogP contribution in [0.1, 0.15) is 51.8 Å². The number of nitrogens with one attached hydrogen (secondary N) is 2. The van der Waals surface area contributed by atoms with Crippen molar-refractivity contribution in [1.82, 2.24) is 20.2 Å². The second-order valence-corrected chi connectivity index (χ2v) is 11.6. The van der Waals surface area contributed by atoms with Crippen LogP contribution in [0.4, 0.5) is 0 Å². The smallest absolute Gasteiger partial charge is 0.261 e. The maximum Gasteiger partial charge on any atom is 0.261 e. The van der Waals surface area contributed by atoms with Crippen molar-refractivity contribution in [2.75, 3.05) is 7.05 Å². The van der Waals surface area contributed by atoms with Crippen LogP contribution in [0.15, 0.2) is 51.6 Å². The number of benzene rings is 1. The molecule has 4 aromatic rings. The molecule has 0 aliphatic heterocycles. The van der Waals surface area contributed by atoms with Crippen LogP contribution in [0.2, 0.25) is 0 Å². The fraction of sp³-hybridized carbons (Fsp3) is 0.292. The van der Waals surface area contributed by atoms with Gasteiger partial charge in [0.25, 0.3) is 11.8 Å². The SMILES string of the molecule is CNC(=O)c1ccc2c(c1)nc(-c1cccs1)n2[C@H]1CCC[C@@H](NC(=O)c2ccc(Br)s2)C1. The van der Waals surface area contributed by atoms with Crippen molar-refractivity contribution < 1.29 is 9.59 Å². The molecular weight excluding hydrogens is 520 g/mol. The summed E-state index contributed by atoms with van der Waals surface area (Å²) in [5.41, 5.74) is 2.43.